The van der Waals surface area contributed by atoms with Gasteiger partial charge in [0.25, 0.3) is 0 Å². The van der Waals surface area contributed by atoms with Gasteiger partial charge in [-0.15, -0.1) is 0 Å². The zero-order valence-corrected chi connectivity index (χ0v) is 13.2. The van der Waals surface area contributed by atoms with Crippen LogP contribution in [0.4, 0.5) is 4.79 Å². The molecule has 0 aliphatic heterocycles. The number of hydrogen-bond donors (Lipinski definition) is 2. The molecule has 1 aliphatic carbocycles. The topological polar surface area (TPSA) is 50.4 Å². The van der Waals surface area contributed by atoms with Gasteiger partial charge >= 0.3 is 6.03 Å². The lowest BCUT2D eigenvalue weighted by Gasteiger charge is -2.17. The van der Waals surface area contributed by atoms with Crippen LogP contribution in [0.15, 0.2) is 24.3 Å². The molecule has 2 N–H and O–H groups in total. The van der Waals surface area contributed by atoms with E-state index >= 15 is 0 Å². The first-order valence-corrected chi connectivity index (χ1v) is 7.89. The Morgan fingerprint density at radius 3 is 2.62 bits per heavy atom. The van der Waals surface area contributed by atoms with Crippen molar-refractivity contribution >= 4 is 17.6 Å². The molecule has 4 nitrogen and oxygen atoms in total. The number of nitrogens with one attached hydrogen (secondary N) is 2. The number of hydrogen-bond acceptors (Lipinski definition) is 2. The van der Waals surface area contributed by atoms with Gasteiger partial charge in [0.15, 0.2) is 0 Å². The maximum atomic E-state index is 11.8. The molecule has 0 atom stereocenters. The molecular weight excluding hydrogens is 288 g/mol. The smallest absolute Gasteiger partial charge is 0.314 e. The fourth-order valence-electron chi connectivity index (χ4n) is 2.35. The summed E-state index contributed by atoms with van der Waals surface area (Å²) in [6.45, 7) is 4.68. The normalized spacial score (nSPS) is 15.5. The number of urea groups is 1. The molecule has 1 aliphatic rings. The van der Waals surface area contributed by atoms with Crippen LogP contribution in [-0.2, 0) is 10.2 Å². The summed E-state index contributed by atoms with van der Waals surface area (Å²) in [7, 11) is 0. The van der Waals surface area contributed by atoms with Crippen LogP contribution in [0, 0.1) is 0 Å². The Bertz CT molecular complexity index is 458. The number of carbonyl (C=O) groups is 1. The van der Waals surface area contributed by atoms with Gasteiger partial charge in [-0.1, -0.05) is 23.7 Å². The first-order valence-electron chi connectivity index (χ1n) is 7.52. The molecule has 0 unspecified atom stereocenters. The molecule has 2 amide bonds. The summed E-state index contributed by atoms with van der Waals surface area (Å²) in [6, 6.07) is 7.82. The van der Waals surface area contributed by atoms with Crippen molar-refractivity contribution < 1.29 is 9.53 Å². The number of halogens is 1. The van der Waals surface area contributed by atoms with Crippen molar-refractivity contribution in [2.45, 2.75) is 31.6 Å². The number of carbonyl (C=O) groups excluding carboxylic acids is 1. The molecule has 0 spiro atoms. The highest BCUT2D eigenvalue weighted by Gasteiger charge is 2.44. The van der Waals surface area contributed by atoms with E-state index in [1.807, 2.05) is 19.1 Å². The largest absolute Gasteiger partial charge is 0.382 e. The van der Waals surface area contributed by atoms with Crippen LogP contribution < -0.4 is 10.6 Å². The van der Waals surface area contributed by atoms with Gasteiger partial charge in [-0.05, 0) is 43.9 Å². The van der Waals surface area contributed by atoms with Crippen LogP contribution in [0.25, 0.3) is 0 Å². The quantitative estimate of drug-likeness (QED) is 0.725. The van der Waals surface area contributed by atoms with E-state index in [0.29, 0.717) is 19.7 Å². The lowest BCUT2D eigenvalue weighted by Crippen LogP contribution is -2.40. The van der Waals surface area contributed by atoms with Crippen molar-refractivity contribution in [3.8, 4) is 0 Å². The van der Waals surface area contributed by atoms with Crippen molar-refractivity contribution in [1.82, 2.24) is 10.6 Å². The third kappa shape index (κ3) is 4.90. The van der Waals surface area contributed by atoms with Gasteiger partial charge in [-0.2, -0.15) is 0 Å². The molecule has 0 radical (unpaired) electrons. The summed E-state index contributed by atoms with van der Waals surface area (Å²) in [4.78, 5) is 11.8. The van der Waals surface area contributed by atoms with Crippen LogP contribution in [0.3, 0.4) is 0 Å². The summed E-state index contributed by atoms with van der Waals surface area (Å²) in [5.41, 5.74) is 1.36. The Hall–Kier alpha value is -1.26. The van der Waals surface area contributed by atoms with Crippen molar-refractivity contribution in [2.75, 3.05) is 26.3 Å². The molecule has 1 saturated carbocycles. The summed E-state index contributed by atoms with van der Waals surface area (Å²) < 4.78 is 5.22. The van der Waals surface area contributed by atoms with E-state index in [4.69, 9.17) is 16.3 Å². The van der Waals surface area contributed by atoms with Crippen LogP contribution >= 0.6 is 11.6 Å². The Labute approximate surface area is 131 Å². The van der Waals surface area contributed by atoms with Crippen molar-refractivity contribution in [2.24, 2.45) is 0 Å². The molecule has 0 heterocycles. The maximum Gasteiger partial charge on any atom is 0.314 e. The van der Waals surface area contributed by atoms with Gasteiger partial charge in [-0.3, -0.25) is 0 Å². The maximum absolute atomic E-state index is 11.8. The van der Waals surface area contributed by atoms with E-state index < -0.39 is 0 Å². The number of benzene rings is 1. The van der Waals surface area contributed by atoms with Gasteiger partial charge in [0, 0.05) is 36.7 Å². The van der Waals surface area contributed by atoms with Crippen LogP contribution in [0.5, 0.6) is 0 Å². The number of amides is 2. The Morgan fingerprint density at radius 1 is 1.29 bits per heavy atom. The molecular formula is C16H23ClN2O2. The summed E-state index contributed by atoms with van der Waals surface area (Å²) in [5.74, 6) is 0. The van der Waals surface area contributed by atoms with Crippen LogP contribution in [0.1, 0.15) is 31.7 Å². The molecule has 1 fully saturated rings. The predicted octanol–water partition coefficient (Wildman–Crippen LogP) is 3.10. The molecule has 0 bridgehead atoms. The Morgan fingerprint density at radius 2 is 2.00 bits per heavy atom. The fourth-order valence-corrected chi connectivity index (χ4v) is 2.48. The zero-order chi connectivity index (χ0) is 15.1. The molecule has 21 heavy (non-hydrogen) atoms. The molecule has 0 saturated heterocycles. The fraction of sp³-hybridized carbons (Fsp3) is 0.562. The average molecular weight is 311 g/mol. The molecule has 5 heteroatoms. The molecule has 116 valence electrons. The number of ether oxygens (including phenoxy) is 1. The SMILES string of the molecule is CCOCCCNC(=O)NCC1(c2ccc(Cl)cc2)CC1. The summed E-state index contributed by atoms with van der Waals surface area (Å²) >= 11 is 5.91. The van der Waals surface area contributed by atoms with Crippen molar-refractivity contribution in [3.63, 3.8) is 0 Å². The van der Waals surface area contributed by atoms with Crippen molar-refractivity contribution in [1.29, 1.82) is 0 Å². The summed E-state index contributed by atoms with van der Waals surface area (Å²) in [5, 5.41) is 6.56. The minimum absolute atomic E-state index is 0.104. The van der Waals surface area contributed by atoms with Crippen LogP contribution in [-0.4, -0.2) is 32.3 Å². The molecule has 1 aromatic rings. The van der Waals surface area contributed by atoms with Gasteiger partial charge in [0.1, 0.15) is 0 Å². The average Bonchev–Trinajstić information content (AvgIpc) is 3.27. The Kier molecular flexibility index (Phi) is 5.88. The van der Waals surface area contributed by atoms with Gasteiger partial charge < -0.3 is 15.4 Å². The Balaban J connectivity index is 1.70. The van der Waals surface area contributed by atoms with E-state index in [2.05, 4.69) is 22.8 Å². The lowest BCUT2D eigenvalue weighted by molar-refractivity contribution is 0.145. The highest BCUT2D eigenvalue weighted by molar-refractivity contribution is 6.30. The molecule has 2 rings (SSSR count). The number of rotatable bonds is 8. The van der Waals surface area contributed by atoms with E-state index in [1.54, 1.807) is 0 Å². The van der Waals surface area contributed by atoms with E-state index in [1.165, 1.54) is 5.56 Å². The van der Waals surface area contributed by atoms with Crippen LogP contribution in [0.2, 0.25) is 5.02 Å². The van der Waals surface area contributed by atoms with Gasteiger partial charge in [-0.25, -0.2) is 4.79 Å². The monoisotopic (exact) mass is 310 g/mol. The van der Waals surface area contributed by atoms with Gasteiger partial charge in [0.2, 0.25) is 0 Å². The minimum Gasteiger partial charge on any atom is -0.382 e. The van der Waals surface area contributed by atoms with E-state index in [9.17, 15) is 4.79 Å². The minimum atomic E-state index is -0.105. The standard InChI is InChI=1S/C16H23ClN2O2/c1-2-21-11-3-10-18-15(20)19-12-16(8-9-16)13-4-6-14(17)7-5-13/h4-7H,2-3,8-12H2,1H3,(H2,18,19,20). The third-order valence-corrected chi connectivity index (χ3v) is 4.10. The predicted molar refractivity (Wildman–Crippen MR) is 84.9 cm³/mol. The molecule has 1 aromatic carbocycles. The first-order chi connectivity index (χ1) is 10.2. The molecule has 0 aromatic heterocycles. The second-order valence-electron chi connectivity index (χ2n) is 5.45. The first kappa shape index (κ1) is 16.1. The van der Waals surface area contributed by atoms with Crippen molar-refractivity contribution in [3.05, 3.63) is 34.9 Å². The van der Waals surface area contributed by atoms with E-state index in [-0.39, 0.29) is 11.4 Å². The lowest BCUT2D eigenvalue weighted by atomic mass is 9.96. The van der Waals surface area contributed by atoms with E-state index in [0.717, 1.165) is 30.9 Å². The van der Waals surface area contributed by atoms with Gasteiger partial charge in [0.05, 0.1) is 0 Å². The second-order valence-corrected chi connectivity index (χ2v) is 5.88. The second kappa shape index (κ2) is 7.66. The third-order valence-electron chi connectivity index (χ3n) is 3.85. The zero-order valence-electron chi connectivity index (χ0n) is 12.5. The summed E-state index contributed by atoms with van der Waals surface area (Å²) in [6.07, 6.45) is 3.06. The highest BCUT2D eigenvalue weighted by Crippen LogP contribution is 2.47. The highest BCUT2D eigenvalue weighted by atomic mass is 35.5.